The minimum Gasteiger partial charge on any atom is -0.508 e. The fourth-order valence-electron chi connectivity index (χ4n) is 1.28. The number of aromatic hydroxyl groups is 1. The van der Waals surface area contributed by atoms with E-state index in [0.717, 1.165) is 0 Å². The van der Waals surface area contributed by atoms with Crippen LogP contribution in [0.25, 0.3) is 0 Å². The number of aliphatic hydroxyl groups is 1. The summed E-state index contributed by atoms with van der Waals surface area (Å²) < 4.78 is 0. The van der Waals surface area contributed by atoms with E-state index < -0.39 is 6.10 Å². The van der Waals surface area contributed by atoms with Crippen molar-refractivity contribution < 1.29 is 10.2 Å². The van der Waals surface area contributed by atoms with E-state index in [1.165, 1.54) is 12.1 Å². The van der Waals surface area contributed by atoms with Crippen molar-refractivity contribution in [2.75, 3.05) is 5.73 Å². The summed E-state index contributed by atoms with van der Waals surface area (Å²) in [4.78, 5) is 0. The molecule has 0 aliphatic heterocycles. The van der Waals surface area contributed by atoms with Gasteiger partial charge in [-0.1, -0.05) is 26.8 Å². The van der Waals surface area contributed by atoms with Crippen LogP contribution < -0.4 is 5.73 Å². The van der Waals surface area contributed by atoms with Crippen LogP contribution in [0.1, 0.15) is 32.4 Å². The predicted octanol–water partition coefficient (Wildman–Crippen LogP) is 2.05. The Morgan fingerprint density at radius 1 is 1.29 bits per heavy atom. The molecule has 0 bridgehead atoms. The molecule has 14 heavy (non-hydrogen) atoms. The quantitative estimate of drug-likeness (QED) is 0.601. The lowest BCUT2D eigenvalue weighted by Gasteiger charge is -2.27. The van der Waals surface area contributed by atoms with Crippen molar-refractivity contribution in [2.24, 2.45) is 5.41 Å². The van der Waals surface area contributed by atoms with Gasteiger partial charge >= 0.3 is 0 Å². The number of phenols is 1. The number of hydrogen-bond donors (Lipinski definition) is 3. The maximum Gasteiger partial charge on any atom is 0.117 e. The number of nitrogen functional groups attached to an aromatic ring is 1. The second-order valence-electron chi connectivity index (χ2n) is 4.58. The number of rotatable bonds is 1. The lowest BCUT2D eigenvalue weighted by Crippen LogP contribution is -2.18. The van der Waals surface area contributed by atoms with Crippen molar-refractivity contribution in [3.8, 4) is 5.75 Å². The Balaban J connectivity index is 3.08. The van der Waals surface area contributed by atoms with Gasteiger partial charge in [0.25, 0.3) is 0 Å². The Morgan fingerprint density at radius 3 is 2.29 bits per heavy atom. The van der Waals surface area contributed by atoms with Crippen molar-refractivity contribution in [2.45, 2.75) is 26.9 Å². The number of anilines is 1. The van der Waals surface area contributed by atoms with Crippen LogP contribution >= 0.6 is 0 Å². The summed E-state index contributed by atoms with van der Waals surface area (Å²) in [5.41, 5.74) is 6.53. The molecule has 1 unspecified atom stereocenters. The smallest absolute Gasteiger partial charge is 0.117 e. The average molecular weight is 195 g/mol. The molecule has 0 saturated heterocycles. The third-order valence-corrected chi connectivity index (χ3v) is 2.19. The van der Waals surface area contributed by atoms with Crippen LogP contribution in [-0.2, 0) is 0 Å². The number of phenolic OH excluding ortho intramolecular Hbond substituents is 1. The van der Waals surface area contributed by atoms with Crippen molar-refractivity contribution >= 4 is 5.69 Å². The highest BCUT2D eigenvalue weighted by atomic mass is 16.3. The summed E-state index contributed by atoms with van der Waals surface area (Å²) in [7, 11) is 0. The van der Waals surface area contributed by atoms with Crippen LogP contribution in [0.2, 0.25) is 0 Å². The normalized spacial score (nSPS) is 14.0. The first-order valence-corrected chi connectivity index (χ1v) is 4.59. The van der Waals surface area contributed by atoms with E-state index in [2.05, 4.69) is 0 Å². The van der Waals surface area contributed by atoms with E-state index in [1.54, 1.807) is 6.07 Å². The topological polar surface area (TPSA) is 66.5 Å². The zero-order valence-electron chi connectivity index (χ0n) is 8.78. The highest BCUT2D eigenvalue weighted by molar-refractivity contribution is 5.52. The van der Waals surface area contributed by atoms with E-state index in [1.807, 2.05) is 20.8 Å². The summed E-state index contributed by atoms with van der Waals surface area (Å²) in [6.07, 6.45) is -0.622. The zero-order valence-corrected chi connectivity index (χ0v) is 8.78. The average Bonchev–Trinajstić information content (AvgIpc) is 2.01. The van der Waals surface area contributed by atoms with Crippen molar-refractivity contribution in [1.82, 2.24) is 0 Å². The van der Waals surface area contributed by atoms with E-state index >= 15 is 0 Å². The Morgan fingerprint density at radius 2 is 1.86 bits per heavy atom. The number of benzene rings is 1. The van der Waals surface area contributed by atoms with Gasteiger partial charge in [0.1, 0.15) is 5.75 Å². The summed E-state index contributed by atoms with van der Waals surface area (Å²) in [5, 5.41) is 19.1. The minimum absolute atomic E-state index is 0.118. The van der Waals surface area contributed by atoms with E-state index in [4.69, 9.17) is 10.8 Å². The van der Waals surface area contributed by atoms with Gasteiger partial charge in [0.2, 0.25) is 0 Å². The van der Waals surface area contributed by atoms with Crippen LogP contribution in [0.15, 0.2) is 18.2 Å². The molecule has 4 N–H and O–H groups in total. The molecule has 0 aromatic heterocycles. The van der Waals surface area contributed by atoms with Crippen LogP contribution in [0.5, 0.6) is 5.75 Å². The first-order valence-electron chi connectivity index (χ1n) is 4.59. The van der Waals surface area contributed by atoms with E-state index in [9.17, 15) is 5.11 Å². The van der Waals surface area contributed by atoms with Gasteiger partial charge in [-0.2, -0.15) is 0 Å². The molecule has 0 spiro atoms. The summed E-state index contributed by atoms with van der Waals surface area (Å²) >= 11 is 0. The fourth-order valence-corrected chi connectivity index (χ4v) is 1.28. The third kappa shape index (κ3) is 2.17. The molecule has 78 valence electrons. The minimum atomic E-state index is -0.622. The van der Waals surface area contributed by atoms with E-state index in [0.29, 0.717) is 11.3 Å². The number of aliphatic hydroxyl groups excluding tert-OH is 1. The molecule has 3 heteroatoms. The van der Waals surface area contributed by atoms with Gasteiger partial charge in [0.05, 0.1) is 6.10 Å². The highest BCUT2D eigenvalue weighted by Crippen LogP contribution is 2.36. The molecular formula is C11H17NO2. The summed E-state index contributed by atoms with van der Waals surface area (Å²) in [6.45, 7) is 5.80. The van der Waals surface area contributed by atoms with Crippen LogP contribution in [0, 0.1) is 5.41 Å². The zero-order chi connectivity index (χ0) is 10.9. The highest BCUT2D eigenvalue weighted by Gasteiger charge is 2.25. The predicted molar refractivity (Wildman–Crippen MR) is 56.9 cm³/mol. The molecule has 0 fully saturated rings. The summed E-state index contributed by atoms with van der Waals surface area (Å²) in [6, 6.07) is 4.63. The Hall–Kier alpha value is -1.22. The summed E-state index contributed by atoms with van der Waals surface area (Å²) in [5.74, 6) is 0.118. The van der Waals surface area contributed by atoms with Gasteiger partial charge < -0.3 is 15.9 Å². The molecule has 0 radical (unpaired) electrons. The molecule has 0 saturated carbocycles. The Labute approximate surface area is 84.2 Å². The van der Waals surface area contributed by atoms with E-state index in [-0.39, 0.29) is 11.2 Å². The monoisotopic (exact) mass is 195 g/mol. The second kappa shape index (κ2) is 3.50. The number of hydrogen-bond acceptors (Lipinski definition) is 3. The maximum absolute atomic E-state index is 9.97. The van der Waals surface area contributed by atoms with Gasteiger partial charge in [0, 0.05) is 17.3 Å². The lowest BCUT2D eigenvalue weighted by molar-refractivity contribution is 0.0633. The van der Waals surface area contributed by atoms with Gasteiger partial charge in [0.15, 0.2) is 0 Å². The molecule has 1 aromatic rings. The van der Waals surface area contributed by atoms with Crippen molar-refractivity contribution in [1.29, 1.82) is 0 Å². The molecular weight excluding hydrogens is 178 g/mol. The fraction of sp³-hybridized carbons (Fsp3) is 0.455. The van der Waals surface area contributed by atoms with Gasteiger partial charge in [-0.3, -0.25) is 0 Å². The maximum atomic E-state index is 9.97. The molecule has 1 atom stereocenters. The van der Waals surface area contributed by atoms with Crippen LogP contribution in [-0.4, -0.2) is 10.2 Å². The van der Waals surface area contributed by atoms with Crippen LogP contribution in [0.4, 0.5) is 5.69 Å². The van der Waals surface area contributed by atoms with Gasteiger partial charge in [-0.15, -0.1) is 0 Å². The molecule has 0 aliphatic carbocycles. The molecule has 0 aliphatic rings. The third-order valence-electron chi connectivity index (χ3n) is 2.19. The second-order valence-corrected chi connectivity index (χ2v) is 4.58. The van der Waals surface area contributed by atoms with Crippen LogP contribution in [0.3, 0.4) is 0 Å². The molecule has 3 nitrogen and oxygen atoms in total. The van der Waals surface area contributed by atoms with Crippen molar-refractivity contribution in [3.05, 3.63) is 23.8 Å². The first kappa shape index (κ1) is 10.9. The van der Waals surface area contributed by atoms with Crippen molar-refractivity contribution in [3.63, 3.8) is 0 Å². The molecule has 0 amide bonds. The lowest BCUT2D eigenvalue weighted by atomic mass is 9.84. The molecule has 1 aromatic carbocycles. The standard InChI is InChI=1S/C11H17NO2/c1-11(2,3)10(14)8-5-4-7(13)6-9(8)12/h4-6,10,13-14H,12H2,1-3H3. The van der Waals surface area contributed by atoms with Gasteiger partial charge in [-0.25, -0.2) is 0 Å². The number of nitrogens with two attached hydrogens (primary N) is 1. The SMILES string of the molecule is CC(C)(C)C(O)c1ccc(O)cc1N. The Bertz CT molecular complexity index is 329. The van der Waals surface area contributed by atoms with Gasteiger partial charge in [-0.05, 0) is 11.5 Å². The first-order chi connectivity index (χ1) is 6.32. The molecule has 0 heterocycles. The Kier molecular flexibility index (Phi) is 2.71. The molecule has 1 rings (SSSR count). The largest absolute Gasteiger partial charge is 0.508 e.